The highest BCUT2D eigenvalue weighted by Gasteiger charge is 2.12. The summed E-state index contributed by atoms with van der Waals surface area (Å²) in [5.41, 5.74) is 6.95. The van der Waals surface area contributed by atoms with Crippen molar-refractivity contribution in [1.29, 1.82) is 0 Å². The van der Waals surface area contributed by atoms with Gasteiger partial charge in [-0.1, -0.05) is 28.8 Å². The number of hydrazine groups is 1. The summed E-state index contributed by atoms with van der Waals surface area (Å²) in [6.45, 7) is 3.22. The van der Waals surface area contributed by atoms with Crippen LogP contribution in [0.2, 0.25) is 5.02 Å². The Morgan fingerprint density at radius 3 is 2.12 bits per heavy atom. The van der Waals surface area contributed by atoms with Crippen LogP contribution >= 0.6 is 11.6 Å². The standard InChI is InChI=1S/C18H17ClN2O4/c1-11-7-12(2)9-14(8-11)18(24)25-10-16(22)20-21-17(23)13-3-5-15(19)6-4-13/h3-9H,10H2,1-2H3,(H,20,22)(H,21,23). The highest BCUT2D eigenvalue weighted by Crippen LogP contribution is 2.10. The van der Waals surface area contributed by atoms with Crippen LogP contribution in [0.5, 0.6) is 0 Å². The Morgan fingerprint density at radius 2 is 1.52 bits per heavy atom. The summed E-state index contributed by atoms with van der Waals surface area (Å²) in [5, 5.41) is 0.499. The topological polar surface area (TPSA) is 84.5 Å². The maximum Gasteiger partial charge on any atom is 0.338 e. The molecule has 0 unspecified atom stereocenters. The number of carbonyl (C=O) groups is 3. The summed E-state index contributed by atoms with van der Waals surface area (Å²) in [6.07, 6.45) is 0. The first-order chi connectivity index (χ1) is 11.8. The maximum atomic E-state index is 11.9. The summed E-state index contributed by atoms with van der Waals surface area (Å²) < 4.78 is 4.93. The number of amides is 2. The van der Waals surface area contributed by atoms with E-state index >= 15 is 0 Å². The molecule has 0 fully saturated rings. The summed E-state index contributed by atoms with van der Waals surface area (Å²) in [7, 11) is 0. The molecule has 0 aromatic heterocycles. The van der Waals surface area contributed by atoms with Crippen LogP contribution in [0, 0.1) is 13.8 Å². The molecule has 0 saturated heterocycles. The van der Waals surface area contributed by atoms with Crippen molar-refractivity contribution in [3.63, 3.8) is 0 Å². The lowest BCUT2D eigenvalue weighted by Crippen LogP contribution is -2.43. The Labute approximate surface area is 150 Å². The maximum absolute atomic E-state index is 11.9. The van der Waals surface area contributed by atoms with Crippen LogP contribution in [0.1, 0.15) is 31.8 Å². The van der Waals surface area contributed by atoms with Gasteiger partial charge < -0.3 is 4.74 Å². The molecule has 0 aliphatic heterocycles. The highest BCUT2D eigenvalue weighted by molar-refractivity contribution is 6.30. The van der Waals surface area contributed by atoms with Crippen LogP contribution in [-0.4, -0.2) is 24.4 Å². The molecule has 0 atom stereocenters. The summed E-state index contributed by atoms with van der Waals surface area (Å²) in [6, 6.07) is 11.4. The van der Waals surface area contributed by atoms with E-state index in [0.29, 0.717) is 16.1 Å². The number of halogens is 1. The van der Waals surface area contributed by atoms with Crippen molar-refractivity contribution in [2.45, 2.75) is 13.8 Å². The van der Waals surface area contributed by atoms with Crippen LogP contribution in [0.3, 0.4) is 0 Å². The van der Waals surface area contributed by atoms with E-state index in [1.165, 1.54) is 12.1 Å². The van der Waals surface area contributed by atoms with Gasteiger partial charge in [0.15, 0.2) is 6.61 Å². The quantitative estimate of drug-likeness (QED) is 0.648. The van der Waals surface area contributed by atoms with Crippen molar-refractivity contribution >= 4 is 29.4 Å². The van der Waals surface area contributed by atoms with Gasteiger partial charge in [-0.15, -0.1) is 0 Å². The van der Waals surface area contributed by atoms with Crippen molar-refractivity contribution in [3.05, 3.63) is 69.7 Å². The predicted octanol–water partition coefficient (Wildman–Crippen LogP) is 2.57. The Hall–Kier alpha value is -2.86. The second-order valence-corrected chi connectivity index (χ2v) is 5.90. The van der Waals surface area contributed by atoms with Gasteiger partial charge in [0.05, 0.1) is 5.56 Å². The Bertz CT molecular complexity index is 783. The van der Waals surface area contributed by atoms with Crippen LogP contribution in [0.15, 0.2) is 42.5 Å². The lowest BCUT2D eigenvalue weighted by Gasteiger charge is -2.09. The molecule has 0 radical (unpaired) electrons. The average Bonchev–Trinajstić information content (AvgIpc) is 2.57. The normalized spacial score (nSPS) is 10.0. The first-order valence-electron chi connectivity index (χ1n) is 7.45. The third-order valence-corrected chi connectivity index (χ3v) is 3.47. The smallest absolute Gasteiger partial charge is 0.338 e. The van der Waals surface area contributed by atoms with Gasteiger partial charge in [-0.05, 0) is 50.2 Å². The second-order valence-electron chi connectivity index (χ2n) is 5.46. The Morgan fingerprint density at radius 1 is 0.920 bits per heavy atom. The van der Waals surface area contributed by atoms with Crippen LogP contribution in [0.4, 0.5) is 0 Å². The molecular formula is C18H17ClN2O4. The molecule has 6 nitrogen and oxygen atoms in total. The van der Waals surface area contributed by atoms with Gasteiger partial charge >= 0.3 is 5.97 Å². The van der Waals surface area contributed by atoms with Gasteiger partial charge in [-0.3, -0.25) is 20.4 Å². The van der Waals surface area contributed by atoms with Crippen LogP contribution < -0.4 is 10.9 Å². The summed E-state index contributed by atoms with van der Waals surface area (Å²) >= 11 is 5.73. The second kappa shape index (κ2) is 8.30. The molecule has 0 aliphatic rings. The first kappa shape index (κ1) is 18.5. The average molecular weight is 361 g/mol. The fourth-order valence-corrected chi connectivity index (χ4v) is 2.27. The highest BCUT2D eigenvalue weighted by atomic mass is 35.5. The number of aryl methyl sites for hydroxylation is 2. The van der Waals surface area contributed by atoms with E-state index in [0.717, 1.165) is 11.1 Å². The molecule has 130 valence electrons. The lowest BCUT2D eigenvalue weighted by atomic mass is 10.1. The Balaban J connectivity index is 1.81. The van der Waals surface area contributed by atoms with Crippen LogP contribution in [-0.2, 0) is 9.53 Å². The van der Waals surface area contributed by atoms with Gasteiger partial charge in [0, 0.05) is 10.6 Å². The molecular weight excluding hydrogens is 344 g/mol. The first-order valence-corrected chi connectivity index (χ1v) is 7.83. The fourth-order valence-electron chi connectivity index (χ4n) is 2.14. The summed E-state index contributed by atoms with van der Waals surface area (Å²) in [5.74, 6) is -1.77. The van der Waals surface area contributed by atoms with Gasteiger partial charge in [0.1, 0.15) is 0 Å². The van der Waals surface area contributed by atoms with Crippen molar-refractivity contribution < 1.29 is 19.1 Å². The van der Waals surface area contributed by atoms with Crippen molar-refractivity contribution in [2.24, 2.45) is 0 Å². The van der Waals surface area contributed by atoms with Gasteiger partial charge in [-0.25, -0.2) is 4.79 Å². The van der Waals surface area contributed by atoms with E-state index in [4.69, 9.17) is 16.3 Å². The molecule has 2 rings (SSSR count). The Kier molecular flexibility index (Phi) is 6.14. The number of hydrogen-bond donors (Lipinski definition) is 2. The fraction of sp³-hybridized carbons (Fsp3) is 0.167. The van der Waals surface area contributed by atoms with E-state index in [9.17, 15) is 14.4 Å². The minimum absolute atomic E-state index is 0.330. The largest absolute Gasteiger partial charge is 0.452 e. The molecule has 2 aromatic carbocycles. The van der Waals surface area contributed by atoms with Gasteiger partial charge in [0.2, 0.25) is 0 Å². The number of benzene rings is 2. The zero-order valence-corrected chi connectivity index (χ0v) is 14.5. The number of nitrogens with one attached hydrogen (secondary N) is 2. The number of rotatable bonds is 4. The number of carbonyl (C=O) groups excluding carboxylic acids is 3. The molecule has 0 saturated carbocycles. The lowest BCUT2D eigenvalue weighted by molar-refractivity contribution is -0.125. The SMILES string of the molecule is Cc1cc(C)cc(C(=O)OCC(=O)NNC(=O)c2ccc(Cl)cc2)c1. The third-order valence-electron chi connectivity index (χ3n) is 3.21. The summed E-state index contributed by atoms with van der Waals surface area (Å²) in [4.78, 5) is 35.4. The van der Waals surface area contributed by atoms with Crippen molar-refractivity contribution in [2.75, 3.05) is 6.61 Å². The molecule has 25 heavy (non-hydrogen) atoms. The molecule has 2 aromatic rings. The van der Waals surface area contributed by atoms with Crippen LogP contribution in [0.25, 0.3) is 0 Å². The van der Waals surface area contributed by atoms with Gasteiger partial charge in [0.25, 0.3) is 11.8 Å². The minimum Gasteiger partial charge on any atom is -0.452 e. The molecule has 7 heteroatoms. The molecule has 0 spiro atoms. The van der Waals surface area contributed by atoms with E-state index in [1.807, 2.05) is 19.9 Å². The molecule has 0 heterocycles. The molecule has 0 bridgehead atoms. The zero-order chi connectivity index (χ0) is 18.4. The third kappa shape index (κ3) is 5.61. The van der Waals surface area contributed by atoms with Gasteiger partial charge in [-0.2, -0.15) is 0 Å². The minimum atomic E-state index is -0.653. The van der Waals surface area contributed by atoms with E-state index in [1.54, 1.807) is 24.3 Å². The van der Waals surface area contributed by atoms with Crippen molar-refractivity contribution in [1.82, 2.24) is 10.9 Å². The van der Waals surface area contributed by atoms with E-state index in [2.05, 4.69) is 10.9 Å². The number of hydrogen-bond acceptors (Lipinski definition) is 4. The van der Waals surface area contributed by atoms with E-state index < -0.39 is 24.4 Å². The predicted molar refractivity (Wildman–Crippen MR) is 93.3 cm³/mol. The van der Waals surface area contributed by atoms with Crippen molar-refractivity contribution in [3.8, 4) is 0 Å². The zero-order valence-electron chi connectivity index (χ0n) is 13.8. The molecule has 2 N–H and O–H groups in total. The van der Waals surface area contributed by atoms with E-state index in [-0.39, 0.29) is 0 Å². The molecule has 0 aliphatic carbocycles. The number of esters is 1. The number of ether oxygens (including phenoxy) is 1. The molecule has 2 amide bonds. The monoisotopic (exact) mass is 360 g/mol.